The summed E-state index contributed by atoms with van der Waals surface area (Å²) in [6, 6.07) is 8.19. The summed E-state index contributed by atoms with van der Waals surface area (Å²) < 4.78 is 45.1. The van der Waals surface area contributed by atoms with E-state index in [0.29, 0.717) is 19.1 Å². The zero-order chi connectivity index (χ0) is 23.9. The molecule has 0 amide bonds. The highest BCUT2D eigenvalue weighted by atomic mass is 32.3. The molecule has 6 nitrogen and oxygen atoms in total. The molecule has 0 saturated heterocycles. The Kier molecular flexibility index (Phi) is 13.2. The molecule has 0 radical (unpaired) electrons. The summed E-state index contributed by atoms with van der Waals surface area (Å²) >= 11 is 0. The fraction of sp³-hybridized carbons (Fsp3) is 0.731. The Bertz CT molecular complexity index is 809. The molecule has 0 bridgehead atoms. The molecule has 7 heteroatoms. The number of hydrogen-bond donors (Lipinski definition) is 1. The fourth-order valence-corrected chi connectivity index (χ4v) is 4.95. The summed E-state index contributed by atoms with van der Waals surface area (Å²) in [7, 11) is -4.55. The van der Waals surface area contributed by atoms with Crippen molar-refractivity contribution in [2.24, 2.45) is 5.92 Å². The zero-order valence-corrected chi connectivity index (χ0v) is 21.4. The van der Waals surface area contributed by atoms with E-state index in [2.05, 4.69) is 26.0 Å². The van der Waals surface area contributed by atoms with Crippen LogP contribution in [0, 0.1) is 5.92 Å². The van der Waals surface area contributed by atoms with E-state index < -0.39 is 16.5 Å². The molecule has 0 spiro atoms. The molecule has 1 aromatic carbocycles. The van der Waals surface area contributed by atoms with Crippen molar-refractivity contribution < 1.29 is 26.5 Å². The van der Waals surface area contributed by atoms with Gasteiger partial charge in [-0.1, -0.05) is 83.4 Å². The van der Waals surface area contributed by atoms with Crippen molar-refractivity contribution in [2.45, 2.75) is 90.6 Å². The number of hydrogen-bond acceptors (Lipinski definition) is 4. The van der Waals surface area contributed by atoms with Gasteiger partial charge < -0.3 is 4.74 Å². The molecule has 1 aromatic rings. The molecule has 1 heterocycles. The Labute approximate surface area is 201 Å². The summed E-state index contributed by atoms with van der Waals surface area (Å²) in [6.45, 7) is 6.31. The molecular formula is C26H44NO5S+. The number of nitrogens with zero attached hydrogens (tertiary/aromatic N) is 1. The van der Waals surface area contributed by atoms with Crippen LogP contribution in [0.5, 0.6) is 0 Å². The summed E-state index contributed by atoms with van der Waals surface area (Å²) in [5.74, 6) is 0.482. The molecular weight excluding hydrogens is 438 g/mol. The van der Waals surface area contributed by atoms with Crippen molar-refractivity contribution >= 4 is 16.6 Å². The minimum absolute atomic E-state index is 0.144. The topological polar surface area (TPSA) is 75.8 Å². The van der Waals surface area contributed by atoms with Gasteiger partial charge in [-0.2, -0.15) is 8.42 Å². The van der Waals surface area contributed by atoms with E-state index in [0.717, 1.165) is 37.8 Å². The van der Waals surface area contributed by atoms with Crippen molar-refractivity contribution in [1.82, 2.24) is 0 Å². The van der Waals surface area contributed by atoms with E-state index in [1.165, 1.54) is 50.5 Å². The Balaban J connectivity index is 1.86. The van der Waals surface area contributed by atoms with E-state index in [1.807, 2.05) is 22.9 Å². The van der Waals surface area contributed by atoms with Crippen LogP contribution < -0.4 is 0 Å². The van der Waals surface area contributed by atoms with Gasteiger partial charge in [0.2, 0.25) is 0 Å². The van der Waals surface area contributed by atoms with Gasteiger partial charge in [0.15, 0.2) is 18.9 Å². The van der Waals surface area contributed by atoms with Crippen LogP contribution in [0.3, 0.4) is 0 Å². The van der Waals surface area contributed by atoms with Crippen LogP contribution in [-0.4, -0.2) is 56.2 Å². The van der Waals surface area contributed by atoms with Crippen LogP contribution in [0.2, 0.25) is 0 Å². The van der Waals surface area contributed by atoms with Gasteiger partial charge in [-0.3, -0.25) is 4.55 Å². The highest BCUT2D eigenvalue weighted by molar-refractivity contribution is 7.80. The first-order chi connectivity index (χ1) is 15.9. The van der Waals surface area contributed by atoms with Crippen molar-refractivity contribution in [3.63, 3.8) is 0 Å². The van der Waals surface area contributed by atoms with E-state index in [-0.39, 0.29) is 6.61 Å². The molecule has 188 valence electrons. The fourth-order valence-electron chi connectivity index (χ4n) is 4.48. The van der Waals surface area contributed by atoms with Crippen molar-refractivity contribution in [3.8, 4) is 0 Å². The summed E-state index contributed by atoms with van der Waals surface area (Å²) in [4.78, 5) is 0. The normalized spacial score (nSPS) is 15.7. The predicted molar refractivity (Wildman–Crippen MR) is 134 cm³/mol. The maximum atomic E-state index is 11.4. The average Bonchev–Trinajstić information content (AvgIpc) is 2.78. The van der Waals surface area contributed by atoms with E-state index >= 15 is 0 Å². The second-order valence-electron chi connectivity index (χ2n) is 9.32. The van der Waals surface area contributed by atoms with Crippen molar-refractivity contribution in [3.05, 3.63) is 35.4 Å². The van der Waals surface area contributed by atoms with Gasteiger partial charge in [-0.05, 0) is 30.4 Å². The van der Waals surface area contributed by atoms with Gasteiger partial charge in [0, 0.05) is 18.6 Å². The Morgan fingerprint density at radius 2 is 1.67 bits per heavy atom. The molecule has 2 unspecified atom stereocenters. The lowest BCUT2D eigenvalue weighted by Crippen LogP contribution is -2.36. The zero-order valence-electron chi connectivity index (χ0n) is 20.6. The third-order valence-corrected chi connectivity index (χ3v) is 6.85. The molecule has 33 heavy (non-hydrogen) atoms. The van der Waals surface area contributed by atoms with Crippen LogP contribution in [0.4, 0.5) is 0 Å². The molecule has 2 rings (SSSR count). The molecule has 0 aromatic heterocycles. The monoisotopic (exact) mass is 482 g/mol. The van der Waals surface area contributed by atoms with Crippen LogP contribution in [0.1, 0.15) is 89.2 Å². The quantitative estimate of drug-likeness (QED) is 0.171. The lowest BCUT2D eigenvalue weighted by molar-refractivity contribution is -0.532. The standard InChI is InChI=1S/C26H43NO5S/c1-3-5-7-8-9-10-14-23(13-6-4-2)21-31-22-26(32-33(28,29)30)20-27-18-17-24-15-11-12-16-25(24)19-27/h11-12,15-16,19,23,26H,3-10,13-14,17-18,20-22H2,1-2H3/p+1. The molecule has 2 atom stereocenters. The van der Waals surface area contributed by atoms with Crippen molar-refractivity contribution in [1.29, 1.82) is 0 Å². The van der Waals surface area contributed by atoms with E-state index in [1.54, 1.807) is 0 Å². The number of unbranched alkanes of at least 4 members (excludes halogenated alkanes) is 6. The van der Waals surface area contributed by atoms with Crippen molar-refractivity contribution in [2.75, 3.05) is 26.3 Å². The van der Waals surface area contributed by atoms with Gasteiger partial charge in [0.05, 0.1) is 6.61 Å². The average molecular weight is 483 g/mol. The highest BCUT2D eigenvalue weighted by Crippen LogP contribution is 2.19. The SMILES string of the molecule is CCCCCCCCC(CCCC)COCC(C[N+]1=Cc2ccccc2CC1)OS(=O)(=O)O. The number of ether oxygens (including phenoxy) is 1. The first kappa shape index (κ1) is 28.0. The third-order valence-electron chi connectivity index (χ3n) is 6.33. The predicted octanol–water partition coefficient (Wildman–Crippen LogP) is 5.44. The minimum atomic E-state index is -4.55. The second kappa shape index (κ2) is 15.6. The lowest BCUT2D eigenvalue weighted by Gasteiger charge is -2.20. The first-order valence-corrected chi connectivity index (χ1v) is 14.2. The van der Waals surface area contributed by atoms with Gasteiger partial charge in [0.1, 0.15) is 6.54 Å². The second-order valence-corrected chi connectivity index (χ2v) is 10.4. The largest absolute Gasteiger partial charge is 0.397 e. The molecule has 0 saturated carbocycles. The van der Waals surface area contributed by atoms with Gasteiger partial charge in [-0.25, -0.2) is 8.76 Å². The first-order valence-electron chi connectivity index (χ1n) is 12.8. The van der Waals surface area contributed by atoms with Crippen LogP contribution in [0.15, 0.2) is 24.3 Å². The maximum absolute atomic E-state index is 11.4. The smallest absolute Gasteiger partial charge is 0.378 e. The summed E-state index contributed by atoms with van der Waals surface area (Å²) in [6.07, 6.45) is 14.5. The lowest BCUT2D eigenvalue weighted by atomic mass is 9.96. The summed E-state index contributed by atoms with van der Waals surface area (Å²) in [5.41, 5.74) is 2.42. The Hall–Kier alpha value is -1.28. The Morgan fingerprint density at radius 1 is 0.970 bits per heavy atom. The Morgan fingerprint density at radius 3 is 2.42 bits per heavy atom. The van der Waals surface area contributed by atoms with Crippen LogP contribution in [0.25, 0.3) is 0 Å². The molecule has 0 fully saturated rings. The van der Waals surface area contributed by atoms with E-state index in [9.17, 15) is 13.0 Å². The van der Waals surface area contributed by atoms with Crippen LogP contribution in [-0.2, 0) is 25.7 Å². The maximum Gasteiger partial charge on any atom is 0.397 e. The highest BCUT2D eigenvalue weighted by Gasteiger charge is 2.25. The molecule has 1 N–H and O–H groups in total. The van der Waals surface area contributed by atoms with Crippen LogP contribution >= 0.6 is 0 Å². The number of fused-ring (bicyclic) bond motifs is 1. The molecule has 1 aliphatic heterocycles. The van der Waals surface area contributed by atoms with Gasteiger partial charge in [0.25, 0.3) is 0 Å². The van der Waals surface area contributed by atoms with Gasteiger partial charge >= 0.3 is 10.4 Å². The summed E-state index contributed by atoms with van der Waals surface area (Å²) in [5, 5.41) is 0. The number of benzene rings is 1. The molecule has 0 aliphatic carbocycles. The minimum Gasteiger partial charge on any atom is -0.378 e. The third kappa shape index (κ3) is 12.1. The van der Waals surface area contributed by atoms with Gasteiger partial charge in [-0.15, -0.1) is 0 Å². The number of rotatable bonds is 18. The molecule has 1 aliphatic rings. The van der Waals surface area contributed by atoms with E-state index in [4.69, 9.17) is 8.92 Å².